The maximum absolute atomic E-state index is 11.5. The first-order valence-electron chi connectivity index (χ1n) is 5.80. The van der Waals surface area contributed by atoms with E-state index in [1.54, 1.807) is 0 Å². The zero-order valence-electron chi connectivity index (χ0n) is 10.6. The van der Waals surface area contributed by atoms with Gasteiger partial charge in [0.2, 0.25) is 5.91 Å². The number of aryl methyl sites for hydroxylation is 1. The number of aliphatic hydroxyl groups excluding tert-OH is 1. The number of aliphatic hydroxyl groups is 1. The summed E-state index contributed by atoms with van der Waals surface area (Å²) in [4.78, 5) is 22.4. The highest BCUT2D eigenvalue weighted by molar-refractivity contribution is 9.10. The highest BCUT2D eigenvalue weighted by atomic mass is 79.9. The molecule has 0 aliphatic carbocycles. The minimum Gasteiger partial charge on any atom is -0.467 e. The van der Waals surface area contributed by atoms with E-state index in [9.17, 15) is 14.7 Å². The summed E-state index contributed by atoms with van der Waals surface area (Å²) in [5.41, 5.74) is 1.04. The molecule has 0 heterocycles. The molecule has 104 valence electrons. The average Bonchev–Trinajstić information content (AvgIpc) is 2.41. The van der Waals surface area contributed by atoms with Crippen molar-refractivity contribution in [2.45, 2.75) is 18.9 Å². The molecule has 1 atom stereocenters. The van der Waals surface area contributed by atoms with E-state index >= 15 is 0 Å². The fraction of sp³-hybridized carbons (Fsp3) is 0.385. The first kappa shape index (κ1) is 15.7. The van der Waals surface area contributed by atoms with Crippen molar-refractivity contribution in [2.24, 2.45) is 0 Å². The molecule has 0 aliphatic rings. The van der Waals surface area contributed by atoms with E-state index in [-0.39, 0.29) is 12.5 Å². The normalized spacial score (nSPS) is 11.7. The number of nitrogens with one attached hydrogen (secondary N) is 1. The van der Waals surface area contributed by atoms with Gasteiger partial charge in [0, 0.05) is 10.9 Å². The Hall–Kier alpha value is -1.40. The van der Waals surface area contributed by atoms with Crippen LogP contribution in [0.5, 0.6) is 0 Å². The van der Waals surface area contributed by atoms with Gasteiger partial charge in [0.25, 0.3) is 0 Å². The molecule has 2 N–H and O–H groups in total. The second-order valence-electron chi connectivity index (χ2n) is 3.97. The molecule has 1 aromatic rings. The van der Waals surface area contributed by atoms with Gasteiger partial charge in [-0.1, -0.05) is 28.1 Å². The topological polar surface area (TPSA) is 75.6 Å². The summed E-state index contributed by atoms with van der Waals surface area (Å²) < 4.78 is 5.31. The van der Waals surface area contributed by atoms with Crippen molar-refractivity contribution in [3.63, 3.8) is 0 Å². The van der Waals surface area contributed by atoms with Crippen LogP contribution in [-0.4, -0.2) is 36.7 Å². The van der Waals surface area contributed by atoms with Crippen molar-refractivity contribution in [1.29, 1.82) is 0 Å². The molecule has 6 heteroatoms. The molecule has 0 fully saturated rings. The molecule has 1 rings (SSSR count). The zero-order valence-corrected chi connectivity index (χ0v) is 12.1. The van der Waals surface area contributed by atoms with E-state index in [1.807, 2.05) is 24.3 Å². The molecule has 0 spiro atoms. The Morgan fingerprint density at radius 1 is 1.47 bits per heavy atom. The monoisotopic (exact) mass is 329 g/mol. The van der Waals surface area contributed by atoms with Crippen molar-refractivity contribution < 1.29 is 19.4 Å². The van der Waals surface area contributed by atoms with Crippen molar-refractivity contribution >= 4 is 27.8 Å². The molecule has 1 unspecified atom stereocenters. The maximum atomic E-state index is 11.5. The van der Waals surface area contributed by atoms with Gasteiger partial charge in [-0.3, -0.25) is 4.79 Å². The fourth-order valence-corrected chi connectivity index (χ4v) is 1.92. The number of methoxy groups -OCH3 is 1. The van der Waals surface area contributed by atoms with Crippen LogP contribution in [0.4, 0.5) is 0 Å². The van der Waals surface area contributed by atoms with Gasteiger partial charge >= 0.3 is 5.97 Å². The first-order valence-corrected chi connectivity index (χ1v) is 6.59. The minimum atomic E-state index is -1.32. The Labute approximate surface area is 120 Å². The summed E-state index contributed by atoms with van der Waals surface area (Å²) in [5.74, 6) is -0.977. The van der Waals surface area contributed by atoms with Gasteiger partial charge in [0.15, 0.2) is 6.10 Å². The molecule has 5 nitrogen and oxygen atoms in total. The third kappa shape index (κ3) is 5.85. The molecular weight excluding hydrogens is 314 g/mol. The molecule has 0 aromatic heterocycles. The SMILES string of the molecule is COC(=O)C(O)CNC(=O)CCc1cccc(Br)c1. The van der Waals surface area contributed by atoms with Crippen molar-refractivity contribution in [2.75, 3.05) is 13.7 Å². The third-order valence-electron chi connectivity index (χ3n) is 2.50. The number of carbonyl (C=O) groups excluding carboxylic acids is 2. The summed E-state index contributed by atoms with van der Waals surface area (Å²) in [6, 6.07) is 7.69. The molecule has 0 bridgehead atoms. The lowest BCUT2D eigenvalue weighted by atomic mass is 10.1. The number of halogens is 1. The smallest absolute Gasteiger partial charge is 0.336 e. The predicted molar refractivity (Wildman–Crippen MR) is 73.5 cm³/mol. The number of ether oxygens (including phenoxy) is 1. The number of rotatable bonds is 6. The van der Waals surface area contributed by atoms with Gasteiger partial charge in [-0.2, -0.15) is 0 Å². The van der Waals surface area contributed by atoms with E-state index in [1.165, 1.54) is 7.11 Å². The summed E-state index contributed by atoms with van der Waals surface area (Å²) in [5, 5.41) is 11.8. The van der Waals surface area contributed by atoms with Crippen molar-refractivity contribution in [3.05, 3.63) is 34.3 Å². The van der Waals surface area contributed by atoms with E-state index in [2.05, 4.69) is 26.0 Å². The van der Waals surface area contributed by atoms with Crippen LogP contribution in [0.1, 0.15) is 12.0 Å². The number of hydrogen-bond acceptors (Lipinski definition) is 4. The molecule has 1 amide bonds. The van der Waals surface area contributed by atoms with Crippen molar-refractivity contribution in [1.82, 2.24) is 5.32 Å². The first-order chi connectivity index (χ1) is 9.02. The second kappa shape index (κ2) is 7.91. The van der Waals surface area contributed by atoms with Crippen LogP contribution in [-0.2, 0) is 20.7 Å². The molecule has 0 radical (unpaired) electrons. The van der Waals surface area contributed by atoms with Gasteiger partial charge in [0.05, 0.1) is 13.7 Å². The Morgan fingerprint density at radius 3 is 2.84 bits per heavy atom. The molecule has 19 heavy (non-hydrogen) atoms. The Kier molecular flexibility index (Phi) is 6.52. The van der Waals surface area contributed by atoms with E-state index < -0.39 is 12.1 Å². The lowest BCUT2D eigenvalue weighted by molar-refractivity contribution is -0.150. The van der Waals surface area contributed by atoms with Crippen LogP contribution >= 0.6 is 15.9 Å². The minimum absolute atomic E-state index is 0.135. The van der Waals surface area contributed by atoms with E-state index in [4.69, 9.17) is 0 Å². The van der Waals surface area contributed by atoms with Gasteiger partial charge in [-0.05, 0) is 24.1 Å². The molecule has 1 aromatic carbocycles. The van der Waals surface area contributed by atoms with Gasteiger partial charge in [0.1, 0.15) is 0 Å². The predicted octanol–water partition coefficient (Wildman–Crippen LogP) is 1.03. The van der Waals surface area contributed by atoms with Crippen LogP contribution < -0.4 is 5.32 Å². The molecule has 0 aliphatic heterocycles. The van der Waals surface area contributed by atoms with E-state index in [0.29, 0.717) is 12.8 Å². The van der Waals surface area contributed by atoms with Crippen LogP contribution in [0.15, 0.2) is 28.7 Å². The number of amides is 1. The quantitative estimate of drug-likeness (QED) is 0.764. The molecule has 0 saturated heterocycles. The van der Waals surface area contributed by atoms with Crippen LogP contribution in [0.3, 0.4) is 0 Å². The van der Waals surface area contributed by atoms with Gasteiger partial charge < -0.3 is 15.2 Å². The Morgan fingerprint density at radius 2 is 2.21 bits per heavy atom. The second-order valence-corrected chi connectivity index (χ2v) is 4.89. The highest BCUT2D eigenvalue weighted by Crippen LogP contribution is 2.12. The van der Waals surface area contributed by atoms with Crippen LogP contribution in [0.25, 0.3) is 0 Å². The number of hydrogen-bond donors (Lipinski definition) is 2. The molecule has 0 saturated carbocycles. The zero-order chi connectivity index (χ0) is 14.3. The van der Waals surface area contributed by atoms with Gasteiger partial charge in [-0.15, -0.1) is 0 Å². The third-order valence-corrected chi connectivity index (χ3v) is 2.99. The highest BCUT2D eigenvalue weighted by Gasteiger charge is 2.15. The standard InChI is InChI=1S/C13H16BrNO4/c1-19-13(18)11(16)8-15-12(17)6-5-9-3-2-4-10(14)7-9/h2-4,7,11,16H,5-6,8H2,1H3,(H,15,17). The summed E-state index contributed by atoms with van der Waals surface area (Å²) >= 11 is 3.36. The summed E-state index contributed by atoms with van der Waals surface area (Å²) in [7, 11) is 1.18. The van der Waals surface area contributed by atoms with Crippen LogP contribution in [0.2, 0.25) is 0 Å². The lowest BCUT2D eigenvalue weighted by Crippen LogP contribution is -2.37. The summed E-state index contributed by atoms with van der Waals surface area (Å²) in [6.45, 7) is -0.135. The number of benzene rings is 1. The number of carbonyl (C=O) groups is 2. The average molecular weight is 330 g/mol. The largest absolute Gasteiger partial charge is 0.467 e. The fourth-order valence-electron chi connectivity index (χ4n) is 1.47. The summed E-state index contributed by atoms with van der Waals surface area (Å²) in [6.07, 6.45) is -0.427. The Bertz CT molecular complexity index is 450. The van der Waals surface area contributed by atoms with E-state index in [0.717, 1.165) is 10.0 Å². The van der Waals surface area contributed by atoms with Gasteiger partial charge in [-0.25, -0.2) is 4.79 Å². The lowest BCUT2D eigenvalue weighted by Gasteiger charge is -2.09. The molecular formula is C13H16BrNO4. The number of esters is 1. The van der Waals surface area contributed by atoms with Crippen molar-refractivity contribution in [3.8, 4) is 0 Å². The Balaban J connectivity index is 2.30. The maximum Gasteiger partial charge on any atom is 0.336 e. The van der Waals surface area contributed by atoms with Crippen LogP contribution in [0, 0.1) is 0 Å².